The minimum Gasteiger partial charge on any atom is -0.392 e. The molecule has 8 nitrogen and oxygen atoms in total. The first-order chi connectivity index (χ1) is 21.3. The fraction of sp³-hybridized carbons (Fsp3) is 0.588. The zero-order chi connectivity index (χ0) is 32.4. The van der Waals surface area contributed by atoms with Gasteiger partial charge in [0.25, 0.3) is 9.70 Å². The number of carbonyl (C=O) groups is 2. The highest BCUT2D eigenvalue weighted by Crippen LogP contribution is 2.42. The summed E-state index contributed by atoms with van der Waals surface area (Å²) in [6.07, 6.45) is 6.07. The molecule has 6 atom stereocenters. The van der Waals surface area contributed by atoms with Crippen LogP contribution in [0.5, 0.6) is 0 Å². The Morgan fingerprint density at radius 1 is 0.911 bits per heavy atom. The topological polar surface area (TPSA) is 100 Å². The first-order valence-electron chi connectivity index (χ1n) is 15.9. The highest BCUT2D eigenvalue weighted by atomic mass is 35.6. The number of nitrogens with zero attached hydrogens (tertiary/aromatic N) is 1. The Labute approximate surface area is 281 Å². The molecule has 3 N–H and O–H groups in total. The van der Waals surface area contributed by atoms with E-state index in [1.54, 1.807) is 12.1 Å². The molecular formula is C34H44Cl3N3O5. The molecule has 2 amide bonds. The van der Waals surface area contributed by atoms with Gasteiger partial charge in [-0.15, -0.1) is 0 Å². The summed E-state index contributed by atoms with van der Waals surface area (Å²) in [6.45, 7) is 6.65. The largest absolute Gasteiger partial charge is 0.392 e. The monoisotopic (exact) mass is 679 g/mol. The van der Waals surface area contributed by atoms with Crippen LogP contribution in [-0.2, 0) is 25.7 Å². The minimum absolute atomic E-state index is 0.0309. The number of aliphatic hydroxyl groups is 1. The molecule has 0 unspecified atom stereocenters. The smallest absolute Gasteiger partial charge is 0.276 e. The van der Waals surface area contributed by atoms with E-state index in [-0.39, 0.29) is 36.3 Å². The Morgan fingerprint density at radius 2 is 1.58 bits per heavy atom. The van der Waals surface area contributed by atoms with Crippen molar-refractivity contribution in [3.05, 3.63) is 65.2 Å². The van der Waals surface area contributed by atoms with Gasteiger partial charge in [0, 0.05) is 35.8 Å². The van der Waals surface area contributed by atoms with E-state index in [0.717, 1.165) is 36.0 Å². The van der Waals surface area contributed by atoms with E-state index in [9.17, 15) is 14.7 Å². The van der Waals surface area contributed by atoms with Gasteiger partial charge in [-0.25, -0.2) is 0 Å². The van der Waals surface area contributed by atoms with Crippen LogP contribution in [0.1, 0.15) is 94.8 Å². The van der Waals surface area contributed by atoms with Crippen LogP contribution in [0.3, 0.4) is 0 Å². The Balaban J connectivity index is 1.40. The van der Waals surface area contributed by atoms with Gasteiger partial charge in [0.05, 0.1) is 24.9 Å². The van der Waals surface area contributed by atoms with Gasteiger partial charge in [0.2, 0.25) is 5.91 Å². The summed E-state index contributed by atoms with van der Waals surface area (Å²) in [5.74, 6) is -0.0754. The Bertz CT molecular complexity index is 1310. The van der Waals surface area contributed by atoms with Gasteiger partial charge in [0.15, 0.2) is 6.29 Å². The third-order valence-corrected chi connectivity index (χ3v) is 9.55. The van der Waals surface area contributed by atoms with Crippen molar-refractivity contribution in [2.75, 3.05) is 11.9 Å². The number of anilines is 1. The number of carbonyl (C=O) groups excluding carboxylic acids is 2. The number of ether oxygens (including phenoxy) is 2. The third-order valence-electron chi connectivity index (χ3n) is 9.03. The summed E-state index contributed by atoms with van der Waals surface area (Å²) in [7, 11) is 0. The van der Waals surface area contributed by atoms with Crippen molar-refractivity contribution in [1.29, 1.82) is 0 Å². The van der Waals surface area contributed by atoms with Crippen molar-refractivity contribution in [1.82, 2.24) is 10.2 Å². The second-order valence-electron chi connectivity index (χ2n) is 13.6. The van der Waals surface area contributed by atoms with Crippen molar-refractivity contribution in [3.8, 4) is 0 Å². The van der Waals surface area contributed by atoms with E-state index >= 15 is 0 Å². The molecule has 2 aliphatic heterocycles. The molecular weight excluding hydrogens is 637 g/mol. The van der Waals surface area contributed by atoms with E-state index in [1.807, 2.05) is 57.2 Å². The number of rotatable bonds is 7. The standard InChI is InChI=1S/C34H44Cl3N3O5/c1-33(2,3)39-30(42)28-17-14-22-6-4-5-7-27(22)40(28)19-26-18-29(23-10-8-21(20-41)9-11-23)45-31(44-26)24-12-15-25(16-13-24)38-32(43)34(35,36)37/h8-13,15-16,22,26-29,31,41H,4-7,14,17-20H2,1-3H3,(H,38,43)(H,39,42)/t22-,26-,27-,28-,29+,31+/m1/s1. The molecule has 2 aromatic carbocycles. The number of piperidine rings is 1. The summed E-state index contributed by atoms with van der Waals surface area (Å²) in [4.78, 5) is 28.2. The van der Waals surface area contributed by atoms with E-state index in [1.165, 1.54) is 19.3 Å². The van der Waals surface area contributed by atoms with Crippen molar-refractivity contribution in [3.63, 3.8) is 0 Å². The van der Waals surface area contributed by atoms with Crippen molar-refractivity contribution in [2.45, 2.75) is 112 Å². The van der Waals surface area contributed by atoms with Crippen LogP contribution >= 0.6 is 34.8 Å². The van der Waals surface area contributed by atoms with Crippen LogP contribution in [0.15, 0.2) is 48.5 Å². The molecule has 5 rings (SSSR count). The molecule has 1 saturated carbocycles. The molecule has 0 bridgehead atoms. The lowest BCUT2D eigenvalue weighted by Crippen LogP contribution is -2.61. The molecule has 11 heteroatoms. The maximum Gasteiger partial charge on any atom is 0.276 e. The summed E-state index contributed by atoms with van der Waals surface area (Å²) >= 11 is 17.1. The van der Waals surface area contributed by atoms with Gasteiger partial charge < -0.3 is 25.2 Å². The molecule has 3 aliphatic rings. The number of halogens is 3. The van der Waals surface area contributed by atoms with Gasteiger partial charge >= 0.3 is 0 Å². The van der Waals surface area contributed by atoms with Gasteiger partial charge in [-0.2, -0.15) is 0 Å². The number of likely N-dealkylation sites (tertiary alicyclic amines) is 1. The number of aliphatic hydroxyl groups excluding tert-OH is 1. The zero-order valence-corrected chi connectivity index (χ0v) is 28.4. The van der Waals surface area contributed by atoms with E-state index in [0.29, 0.717) is 30.6 Å². The summed E-state index contributed by atoms with van der Waals surface area (Å²) in [5, 5.41) is 15.4. The second kappa shape index (κ2) is 14.5. The molecule has 2 heterocycles. The van der Waals surface area contributed by atoms with E-state index in [2.05, 4.69) is 15.5 Å². The van der Waals surface area contributed by atoms with Crippen molar-refractivity contribution < 1.29 is 24.2 Å². The van der Waals surface area contributed by atoms with Gasteiger partial charge in [-0.05, 0) is 75.6 Å². The van der Waals surface area contributed by atoms with Crippen LogP contribution in [0.4, 0.5) is 5.69 Å². The Morgan fingerprint density at radius 3 is 2.22 bits per heavy atom. The molecule has 2 saturated heterocycles. The predicted octanol–water partition coefficient (Wildman–Crippen LogP) is 6.97. The van der Waals surface area contributed by atoms with E-state index < -0.39 is 16.0 Å². The number of benzene rings is 2. The average Bonchev–Trinajstić information content (AvgIpc) is 3.00. The summed E-state index contributed by atoms with van der Waals surface area (Å²) < 4.78 is 11.1. The average molecular weight is 681 g/mol. The number of fused-ring (bicyclic) bond motifs is 1. The SMILES string of the molecule is CC(C)(C)NC(=O)[C@H]1CC[C@H]2CCCC[C@H]2N1C[C@H]1C[C@@H](c2ccc(CO)cc2)O[C@@H](c2ccc(NC(=O)C(Cl)(Cl)Cl)cc2)O1. The number of amides is 2. The molecule has 0 radical (unpaired) electrons. The molecule has 2 aromatic rings. The Kier molecular flexibility index (Phi) is 11.1. The summed E-state index contributed by atoms with van der Waals surface area (Å²) in [6, 6.07) is 15.0. The number of hydrogen-bond donors (Lipinski definition) is 3. The van der Waals surface area contributed by atoms with E-state index in [4.69, 9.17) is 44.3 Å². The van der Waals surface area contributed by atoms with Gasteiger partial charge in [-0.1, -0.05) is 84.0 Å². The highest BCUT2D eigenvalue weighted by Gasteiger charge is 2.44. The lowest BCUT2D eigenvalue weighted by Gasteiger charge is -2.50. The fourth-order valence-electron chi connectivity index (χ4n) is 6.92. The molecule has 246 valence electrons. The molecule has 1 aliphatic carbocycles. The van der Waals surface area contributed by atoms with Crippen LogP contribution in [0.2, 0.25) is 0 Å². The number of alkyl halides is 3. The number of nitrogens with one attached hydrogen (secondary N) is 2. The maximum absolute atomic E-state index is 13.6. The summed E-state index contributed by atoms with van der Waals surface area (Å²) in [5.41, 5.74) is 2.76. The van der Waals surface area contributed by atoms with Crippen LogP contribution < -0.4 is 10.6 Å². The van der Waals surface area contributed by atoms with Crippen molar-refractivity contribution >= 4 is 52.3 Å². The van der Waals surface area contributed by atoms with Crippen molar-refractivity contribution in [2.24, 2.45) is 5.92 Å². The van der Waals surface area contributed by atoms with Crippen LogP contribution in [-0.4, -0.2) is 55.9 Å². The normalized spacial score (nSPS) is 27.8. The van der Waals surface area contributed by atoms with Gasteiger partial charge in [0.1, 0.15) is 0 Å². The molecule has 45 heavy (non-hydrogen) atoms. The molecule has 0 aromatic heterocycles. The van der Waals surface area contributed by atoms with Crippen LogP contribution in [0, 0.1) is 5.92 Å². The third kappa shape index (κ3) is 8.92. The first kappa shape index (κ1) is 34.4. The zero-order valence-electron chi connectivity index (χ0n) is 26.1. The van der Waals surface area contributed by atoms with Gasteiger partial charge in [-0.3, -0.25) is 14.5 Å². The highest BCUT2D eigenvalue weighted by molar-refractivity contribution is 6.76. The Hall–Kier alpha value is -1.91. The minimum atomic E-state index is -2.08. The quantitative estimate of drug-likeness (QED) is 0.273. The fourth-order valence-corrected chi connectivity index (χ4v) is 7.06. The lowest BCUT2D eigenvalue weighted by atomic mass is 9.75. The predicted molar refractivity (Wildman–Crippen MR) is 177 cm³/mol. The second-order valence-corrected chi connectivity index (χ2v) is 15.8. The van der Waals surface area contributed by atoms with Crippen LogP contribution in [0.25, 0.3) is 0 Å². The molecule has 3 fully saturated rings. The first-order valence-corrected chi connectivity index (χ1v) is 17.0. The number of hydrogen-bond acceptors (Lipinski definition) is 6. The molecule has 0 spiro atoms. The lowest BCUT2D eigenvalue weighted by molar-refractivity contribution is -0.255. The maximum atomic E-state index is 13.6.